The number of hydrogen-bond donors (Lipinski definition) is 1. The highest BCUT2D eigenvalue weighted by Crippen LogP contribution is 2.28. The summed E-state index contributed by atoms with van der Waals surface area (Å²) < 4.78 is 1.97. The summed E-state index contributed by atoms with van der Waals surface area (Å²) in [5.74, 6) is 0. The molecule has 0 saturated carbocycles. The summed E-state index contributed by atoms with van der Waals surface area (Å²) in [6, 6.07) is 5.69. The molecular weight excluding hydrogens is 277 g/mol. The molecule has 0 bridgehead atoms. The molecule has 0 spiro atoms. The van der Waals surface area contributed by atoms with Crippen LogP contribution >= 0.6 is 27.5 Å². The number of fused-ring (bicyclic) bond motifs is 1. The van der Waals surface area contributed by atoms with Crippen molar-refractivity contribution in [1.82, 2.24) is 4.57 Å². The lowest BCUT2D eigenvalue weighted by Crippen LogP contribution is -1.96. The molecule has 1 aromatic heterocycles. The third kappa shape index (κ3) is 1.92. The molecule has 0 saturated heterocycles. The number of hydrogen-bond acceptors (Lipinski definition) is 1. The first-order valence-electron chi connectivity index (χ1n) is 4.62. The molecule has 0 aliphatic rings. The van der Waals surface area contributed by atoms with Crippen molar-refractivity contribution in [2.24, 2.45) is 7.05 Å². The number of aliphatic hydroxyl groups excluding tert-OH is 1. The zero-order chi connectivity index (χ0) is 11.0. The van der Waals surface area contributed by atoms with Gasteiger partial charge in [0.15, 0.2) is 0 Å². The van der Waals surface area contributed by atoms with Crippen molar-refractivity contribution in [1.29, 1.82) is 0 Å². The van der Waals surface area contributed by atoms with Crippen molar-refractivity contribution >= 4 is 38.4 Å². The first-order valence-corrected chi connectivity index (χ1v) is 6.12. The van der Waals surface area contributed by atoms with E-state index in [1.807, 2.05) is 36.0 Å². The Kier molecular flexibility index (Phi) is 3.05. The fraction of sp³-hybridized carbons (Fsp3) is 0.273. The predicted octanol–water partition coefficient (Wildman–Crippen LogP) is 3.26. The Balaban J connectivity index is 2.68. The van der Waals surface area contributed by atoms with E-state index in [2.05, 4.69) is 15.9 Å². The van der Waals surface area contributed by atoms with E-state index in [1.54, 1.807) is 0 Å². The highest BCUT2D eigenvalue weighted by molar-refractivity contribution is 9.09. The Bertz CT molecular complexity index is 495. The lowest BCUT2D eigenvalue weighted by Gasteiger charge is -2.04. The van der Waals surface area contributed by atoms with Gasteiger partial charge >= 0.3 is 0 Å². The van der Waals surface area contributed by atoms with Gasteiger partial charge < -0.3 is 9.67 Å². The van der Waals surface area contributed by atoms with Crippen LogP contribution in [0.25, 0.3) is 10.9 Å². The molecule has 2 nitrogen and oxygen atoms in total. The number of aliphatic hydroxyl groups is 1. The summed E-state index contributed by atoms with van der Waals surface area (Å²) in [6.07, 6.45) is 1.46. The SMILES string of the molecule is Cn1cc(C(O)CBr)c2ccc(Cl)cc21. The van der Waals surface area contributed by atoms with E-state index in [0.717, 1.165) is 16.5 Å². The van der Waals surface area contributed by atoms with Gasteiger partial charge in [0, 0.05) is 40.1 Å². The first kappa shape index (κ1) is 11.0. The van der Waals surface area contributed by atoms with Gasteiger partial charge in [-0.3, -0.25) is 0 Å². The zero-order valence-corrected chi connectivity index (χ0v) is 10.6. The summed E-state index contributed by atoms with van der Waals surface area (Å²) in [7, 11) is 1.95. The van der Waals surface area contributed by atoms with E-state index in [4.69, 9.17) is 11.6 Å². The summed E-state index contributed by atoms with van der Waals surface area (Å²) in [6.45, 7) is 0. The molecule has 0 aliphatic carbocycles. The van der Waals surface area contributed by atoms with Gasteiger partial charge in [-0.1, -0.05) is 33.6 Å². The van der Waals surface area contributed by atoms with Crippen LogP contribution in [-0.4, -0.2) is 15.0 Å². The lowest BCUT2D eigenvalue weighted by atomic mass is 10.1. The topological polar surface area (TPSA) is 25.2 Å². The van der Waals surface area contributed by atoms with E-state index < -0.39 is 6.10 Å². The Morgan fingerprint density at radius 2 is 2.27 bits per heavy atom. The maximum Gasteiger partial charge on any atom is 0.0907 e. The van der Waals surface area contributed by atoms with Crippen molar-refractivity contribution in [2.45, 2.75) is 6.10 Å². The van der Waals surface area contributed by atoms with Gasteiger partial charge in [0.05, 0.1) is 6.10 Å². The summed E-state index contributed by atoms with van der Waals surface area (Å²) in [5, 5.41) is 12.1. The van der Waals surface area contributed by atoms with Gasteiger partial charge in [-0.15, -0.1) is 0 Å². The van der Waals surface area contributed by atoms with E-state index >= 15 is 0 Å². The van der Waals surface area contributed by atoms with Crippen molar-refractivity contribution in [3.05, 3.63) is 35.0 Å². The minimum Gasteiger partial charge on any atom is -0.387 e. The molecular formula is C11H11BrClNO. The number of aryl methyl sites for hydroxylation is 1. The van der Waals surface area contributed by atoms with Crippen LogP contribution < -0.4 is 0 Å². The molecule has 1 aromatic carbocycles. The minimum absolute atomic E-state index is 0.477. The largest absolute Gasteiger partial charge is 0.387 e. The molecule has 1 unspecified atom stereocenters. The quantitative estimate of drug-likeness (QED) is 0.843. The van der Waals surface area contributed by atoms with E-state index in [9.17, 15) is 5.11 Å². The van der Waals surface area contributed by atoms with Crippen molar-refractivity contribution in [3.63, 3.8) is 0 Å². The van der Waals surface area contributed by atoms with Gasteiger partial charge in [-0.25, -0.2) is 0 Å². The average Bonchev–Trinajstić information content (AvgIpc) is 2.55. The highest BCUT2D eigenvalue weighted by atomic mass is 79.9. The monoisotopic (exact) mass is 287 g/mol. The second kappa shape index (κ2) is 4.16. The fourth-order valence-electron chi connectivity index (χ4n) is 1.74. The van der Waals surface area contributed by atoms with Crippen LogP contribution in [0.3, 0.4) is 0 Å². The first-order chi connectivity index (χ1) is 7.13. The molecule has 4 heteroatoms. The van der Waals surface area contributed by atoms with E-state index in [-0.39, 0.29) is 0 Å². The van der Waals surface area contributed by atoms with Crippen LogP contribution in [-0.2, 0) is 7.05 Å². The van der Waals surface area contributed by atoms with Crippen LogP contribution in [0.15, 0.2) is 24.4 Å². The third-order valence-electron chi connectivity index (χ3n) is 2.49. The maximum atomic E-state index is 9.82. The molecule has 80 valence electrons. The standard InChI is InChI=1S/C11H11BrClNO/c1-14-6-9(11(15)5-12)8-3-2-7(13)4-10(8)14/h2-4,6,11,15H,5H2,1H3. The molecule has 0 amide bonds. The van der Waals surface area contributed by atoms with Crippen LogP contribution in [0, 0.1) is 0 Å². The second-order valence-corrected chi connectivity index (χ2v) is 4.61. The minimum atomic E-state index is -0.477. The van der Waals surface area contributed by atoms with Crippen LogP contribution in [0.5, 0.6) is 0 Å². The summed E-state index contributed by atoms with van der Waals surface area (Å²) >= 11 is 9.20. The Hall–Kier alpha value is -0.510. The maximum absolute atomic E-state index is 9.82. The van der Waals surface area contributed by atoms with Gasteiger partial charge in [0.25, 0.3) is 0 Å². The number of nitrogens with zero attached hydrogens (tertiary/aromatic N) is 1. The number of aromatic nitrogens is 1. The molecule has 1 atom stereocenters. The molecule has 1 heterocycles. The normalized spacial score (nSPS) is 13.3. The number of alkyl halides is 1. The summed E-state index contributed by atoms with van der Waals surface area (Å²) in [5.41, 5.74) is 1.97. The van der Waals surface area contributed by atoms with Gasteiger partial charge in [-0.2, -0.15) is 0 Å². The second-order valence-electron chi connectivity index (χ2n) is 3.53. The van der Waals surface area contributed by atoms with Crippen LogP contribution in [0.1, 0.15) is 11.7 Å². The van der Waals surface area contributed by atoms with E-state index in [1.165, 1.54) is 0 Å². The zero-order valence-electron chi connectivity index (χ0n) is 8.24. The lowest BCUT2D eigenvalue weighted by molar-refractivity contribution is 0.207. The third-order valence-corrected chi connectivity index (χ3v) is 3.34. The number of rotatable bonds is 2. The van der Waals surface area contributed by atoms with Crippen molar-refractivity contribution < 1.29 is 5.11 Å². The van der Waals surface area contributed by atoms with Crippen molar-refractivity contribution in [3.8, 4) is 0 Å². The Labute approximate surface area is 102 Å². The molecule has 0 aliphatic heterocycles. The summed E-state index contributed by atoms with van der Waals surface area (Å²) in [4.78, 5) is 0. The number of benzene rings is 1. The van der Waals surface area contributed by atoms with Crippen molar-refractivity contribution in [2.75, 3.05) is 5.33 Å². The van der Waals surface area contributed by atoms with Crippen LogP contribution in [0.4, 0.5) is 0 Å². The molecule has 2 rings (SSSR count). The van der Waals surface area contributed by atoms with Gasteiger partial charge in [0.1, 0.15) is 0 Å². The molecule has 0 radical (unpaired) electrons. The van der Waals surface area contributed by atoms with E-state index in [0.29, 0.717) is 10.4 Å². The highest BCUT2D eigenvalue weighted by Gasteiger charge is 2.13. The molecule has 15 heavy (non-hydrogen) atoms. The van der Waals surface area contributed by atoms with Crippen LogP contribution in [0.2, 0.25) is 5.02 Å². The molecule has 2 aromatic rings. The Morgan fingerprint density at radius 1 is 1.53 bits per heavy atom. The number of halogens is 2. The van der Waals surface area contributed by atoms with Gasteiger partial charge in [-0.05, 0) is 12.1 Å². The Morgan fingerprint density at radius 3 is 2.93 bits per heavy atom. The smallest absolute Gasteiger partial charge is 0.0907 e. The predicted molar refractivity (Wildman–Crippen MR) is 66.7 cm³/mol. The molecule has 0 fully saturated rings. The molecule has 1 N–H and O–H groups in total. The van der Waals surface area contributed by atoms with Gasteiger partial charge in [0.2, 0.25) is 0 Å². The average molecular weight is 289 g/mol. The fourth-order valence-corrected chi connectivity index (χ4v) is 2.25.